The minimum absolute atomic E-state index is 0.0230. The molecule has 3 saturated heterocycles. The first kappa shape index (κ1) is 33.0. The third kappa shape index (κ3) is 7.31. The zero-order chi connectivity index (χ0) is 32.3. The van der Waals surface area contributed by atoms with Crippen molar-refractivity contribution in [3.8, 4) is 0 Å². The molecule has 6 rings (SSSR count). The zero-order valence-corrected chi connectivity index (χ0v) is 27.5. The lowest BCUT2D eigenvalue weighted by Gasteiger charge is -2.45. The highest BCUT2D eigenvalue weighted by molar-refractivity contribution is 6.76. The Balaban J connectivity index is 1.14. The van der Waals surface area contributed by atoms with Gasteiger partial charge in [-0.3, -0.25) is 9.59 Å². The molecule has 3 aliphatic rings. The quantitative estimate of drug-likeness (QED) is 0.282. The average molecular weight is 688 g/mol. The fourth-order valence-corrected chi connectivity index (χ4v) is 6.73. The fourth-order valence-electron chi connectivity index (χ4n) is 6.53. The van der Waals surface area contributed by atoms with E-state index in [9.17, 15) is 14.7 Å². The lowest BCUT2D eigenvalue weighted by atomic mass is 9.85. The molecule has 3 aromatic rings. The number of carbonyl (C=O) groups is 2. The molecule has 3 aromatic carbocycles. The van der Waals surface area contributed by atoms with Gasteiger partial charge in [0, 0.05) is 43.9 Å². The number of hydrogen-bond acceptors (Lipinski definition) is 7. The molecule has 9 nitrogen and oxygen atoms in total. The van der Waals surface area contributed by atoms with Crippen molar-refractivity contribution in [2.75, 3.05) is 31.2 Å². The van der Waals surface area contributed by atoms with E-state index >= 15 is 0 Å². The lowest BCUT2D eigenvalue weighted by molar-refractivity contribution is -0.253. The first-order valence-corrected chi connectivity index (χ1v) is 16.6. The highest BCUT2D eigenvalue weighted by Crippen LogP contribution is 2.40. The van der Waals surface area contributed by atoms with Crippen LogP contribution in [0, 0.1) is 0 Å². The molecule has 3 atom stereocenters. The second kappa shape index (κ2) is 14.1. The molecular weight excluding hydrogens is 651 g/mol. The van der Waals surface area contributed by atoms with Crippen molar-refractivity contribution in [1.29, 1.82) is 0 Å². The van der Waals surface area contributed by atoms with Gasteiger partial charge in [-0.1, -0.05) is 102 Å². The average Bonchev–Trinajstić information content (AvgIpc) is 3.39. The highest BCUT2D eigenvalue weighted by atomic mass is 35.6. The van der Waals surface area contributed by atoms with Crippen molar-refractivity contribution in [2.45, 2.75) is 60.2 Å². The third-order valence-electron chi connectivity index (χ3n) is 9.13. The summed E-state index contributed by atoms with van der Waals surface area (Å²) in [6, 6.07) is 25.5. The number of hydrogen-bond donors (Lipinski definition) is 3. The van der Waals surface area contributed by atoms with Crippen molar-refractivity contribution in [3.05, 3.63) is 101 Å². The van der Waals surface area contributed by atoms with E-state index < -0.39 is 21.5 Å². The van der Waals surface area contributed by atoms with Crippen LogP contribution in [0.25, 0.3) is 0 Å². The van der Waals surface area contributed by atoms with E-state index in [1.807, 2.05) is 66.7 Å². The number of alkyl halides is 3. The number of anilines is 1. The Kier molecular flexibility index (Phi) is 10.1. The van der Waals surface area contributed by atoms with Crippen molar-refractivity contribution < 1.29 is 24.2 Å². The molecule has 244 valence electrons. The van der Waals surface area contributed by atoms with E-state index in [-0.39, 0.29) is 31.3 Å². The highest BCUT2D eigenvalue weighted by Gasteiger charge is 2.50. The van der Waals surface area contributed by atoms with Crippen LogP contribution in [0.1, 0.15) is 53.9 Å². The van der Waals surface area contributed by atoms with Crippen molar-refractivity contribution in [2.24, 2.45) is 0 Å². The zero-order valence-electron chi connectivity index (χ0n) is 25.2. The summed E-state index contributed by atoms with van der Waals surface area (Å²) >= 11 is 17.0. The number of likely N-dealkylation sites (tertiary alicyclic amines) is 1. The van der Waals surface area contributed by atoms with Gasteiger partial charge in [0.25, 0.3) is 9.70 Å². The van der Waals surface area contributed by atoms with Gasteiger partial charge in [0.15, 0.2) is 6.29 Å². The van der Waals surface area contributed by atoms with Crippen LogP contribution in [-0.2, 0) is 32.2 Å². The Morgan fingerprint density at radius 1 is 0.935 bits per heavy atom. The van der Waals surface area contributed by atoms with Crippen LogP contribution in [-0.4, -0.2) is 63.6 Å². The van der Waals surface area contributed by atoms with Crippen LogP contribution in [0.15, 0.2) is 78.9 Å². The number of rotatable bonds is 8. The van der Waals surface area contributed by atoms with Gasteiger partial charge in [-0.15, -0.1) is 0 Å². The van der Waals surface area contributed by atoms with Gasteiger partial charge in [-0.25, -0.2) is 0 Å². The number of ether oxygens (including phenoxy) is 2. The Hall–Kier alpha value is -2.89. The van der Waals surface area contributed by atoms with Crippen molar-refractivity contribution in [1.82, 2.24) is 15.5 Å². The second-order valence-electron chi connectivity index (χ2n) is 12.0. The van der Waals surface area contributed by atoms with Crippen LogP contribution in [0.2, 0.25) is 0 Å². The Bertz CT molecular complexity index is 1500. The minimum atomic E-state index is -2.02. The largest absolute Gasteiger partial charge is 0.392 e. The number of aliphatic hydroxyl groups excluding tert-OH is 1. The first-order valence-electron chi connectivity index (χ1n) is 15.4. The monoisotopic (exact) mass is 686 g/mol. The number of nitrogens with zero attached hydrogens (tertiary/aromatic N) is 2. The molecule has 3 fully saturated rings. The van der Waals surface area contributed by atoms with E-state index in [2.05, 4.69) is 32.6 Å². The van der Waals surface area contributed by atoms with Gasteiger partial charge in [0.2, 0.25) is 5.91 Å². The molecular formula is C34H37Cl3N4O5. The minimum Gasteiger partial charge on any atom is -0.392 e. The topological polar surface area (TPSA) is 103 Å². The molecule has 0 aliphatic carbocycles. The Morgan fingerprint density at radius 2 is 1.59 bits per heavy atom. The predicted octanol–water partition coefficient (Wildman–Crippen LogP) is 5.14. The number of halogens is 3. The second-order valence-corrected chi connectivity index (χ2v) is 14.3. The SMILES string of the molecule is O=C(NCc1ccc(C2OC(CN3CCC4(CC3)C(=O)NCN4c3ccccc3)CC(c3ccc(CO)cc3)O2)cc1)C(Cl)(Cl)Cl. The first-order chi connectivity index (χ1) is 22.1. The molecule has 3 heterocycles. The fraction of sp³-hybridized carbons (Fsp3) is 0.412. The summed E-state index contributed by atoms with van der Waals surface area (Å²) in [5, 5.41) is 15.2. The Labute approximate surface area is 283 Å². The van der Waals surface area contributed by atoms with Crippen molar-refractivity contribution >= 4 is 52.3 Å². The summed E-state index contributed by atoms with van der Waals surface area (Å²) in [6.07, 6.45) is 1.16. The number of aliphatic hydroxyl groups is 1. The molecule has 0 radical (unpaired) electrons. The maximum atomic E-state index is 13.2. The maximum absolute atomic E-state index is 13.2. The summed E-state index contributed by atoms with van der Waals surface area (Å²) in [5.41, 5.74) is 4.03. The molecule has 12 heteroatoms. The van der Waals surface area contributed by atoms with Crippen LogP contribution in [0.5, 0.6) is 0 Å². The predicted molar refractivity (Wildman–Crippen MR) is 177 cm³/mol. The Morgan fingerprint density at radius 3 is 2.24 bits per heavy atom. The van der Waals surface area contributed by atoms with Gasteiger partial charge < -0.3 is 35.0 Å². The molecule has 2 amide bonds. The van der Waals surface area contributed by atoms with Gasteiger partial charge in [0.1, 0.15) is 5.54 Å². The number of benzene rings is 3. The molecule has 46 heavy (non-hydrogen) atoms. The number of nitrogens with one attached hydrogen (secondary N) is 2. The molecule has 3 unspecified atom stereocenters. The molecule has 3 N–H and O–H groups in total. The summed E-state index contributed by atoms with van der Waals surface area (Å²) in [7, 11) is 0. The van der Waals surface area contributed by atoms with Gasteiger partial charge in [-0.2, -0.15) is 0 Å². The van der Waals surface area contributed by atoms with E-state index in [1.165, 1.54) is 0 Å². The maximum Gasteiger partial charge on any atom is 0.272 e. The molecule has 0 aromatic heterocycles. The summed E-state index contributed by atoms with van der Waals surface area (Å²) in [5.74, 6) is -0.594. The number of piperidine rings is 1. The van der Waals surface area contributed by atoms with Crippen LogP contribution in [0.4, 0.5) is 5.69 Å². The van der Waals surface area contributed by atoms with Gasteiger partial charge in [-0.05, 0) is 41.7 Å². The molecule has 1 spiro atoms. The molecule has 3 aliphatic heterocycles. The van der Waals surface area contributed by atoms with Gasteiger partial charge in [0.05, 0.1) is 25.5 Å². The summed E-state index contributed by atoms with van der Waals surface area (Å²) in [6.45, 7) is 2.94. The van der Waals surface area contributed by atoms with Gasteiger partial charge >= 0.3 is 0 Å². The van der Waals surface area contributed by atoms with Crippen LogP contribution >= 0.6 is 34.8 Å². The number of carbonyl (C=O) groups excluding carboxylic acids is 2. The molecule has 0 bridgehead atoms. The molecule has 0 saturated carbocycles. The number of amides is 2. The van der Waals surface area contributed by atoms with Crippen LogP contribution in [0.3, 0.4) is 0 Å². The standard InChI is InChI=1S/C34H37Cl3N4O5/c35-34(36,37)32(44)38-19-23-6-12-26(13-7-23)30-45-28(18-29(46-30)25-10-8-24(21-42)9-11-25)20-40-16-14-33(15-17-40)31(43)39-22-41(33)27-4-2-1-3-5-27/h1-13,28-30,42H,14-22H2,(H,38,44)(H,39,43). The summed E-state index contributed by atoms with van der Waals surface area (Å²) in [4.78, 5) is 29.7. The lowest BCUT2D eigenvalue weighted by Crippen LogP contribution is -2.57. The summed E-state index contributed by atoms with van der Waals surface area (Å²) < 4.78 is 11.0. The van der Waals surface area contributed by atoms with E-state index in [4.69, 9.17) is 44.3 Å². The van der Waals surface area contributed by atoms with E-state index in [1.54, 1.807) is 0 Å². The van der Waals surface area contributed by atoms with Crippen molar-refractivity contribution in [3.63, 3.8) is 0 Å². The van der Waals surface area contributed by atoms with Crippen LogP contribution < -0.4 is 15.5 Å². The normalized spacial score (nSPS) is 23.3. The number of para-hydroxylation sites is 1. The van der Waals surface area contributed by atoms with E-state index in [0.717, 1.165) is 53.9 Å². The smallest absolute Gasteiger partial charge is 0.272 e. The van der Waals surface area contributed by atoms with E-state index in [0.29, 0.717) is 19.6 Å². The third-order valence-corrected chi connectivity index (χ3v) is 9.64.